The van der Waals surface area contributed by atoms with E-state index in [9.17, 15) is 0 Å². The molecular weight excluding hydrogens is 164 g/mol. The van der Waals surface area contributed by atoms with Crippen LogP contribution in [0.2, 0.25) is 0 Å². The van der Waals surface area contributed by atoms with Crippen LogP contribution >= 0.6 is 0 Å². The maximum atomic E-state index is 5.48. The average Bonchev–Trinajstić information content (AvgIpc) is 2.16. The Hall–Kier alpha value is -1.51. The normalized spacial score (nSPS) is 11.4. The molecule has 3 nitrogen and oxygen atoms in total. The van der Waals surface area contributed by atoms with Gasteiger partial charge in [-0.15, -0.1) is 0 Å². The summed E-state index contributed by atoms with van der Waals surface area (Å²) in [5, 5.41) is 0. The van der Waals surface area contributed by atoms with Crippen LogP contribution in [0.5, 0.6) is 5.75 Å². The van der Waals surface area contributed by atoms with Gasteiger partial charge in [-0.05, 0) is 19.1 Å². The van der Waals surface area contributed by atoms with Gasteiger partial charge in [-0.25, -0.2) is 0 Å². The highest BCUT2D eigenvalue weighted by molar-refractivity contribution is 5.81. The summed E-state index contributed by atoms with van der Waals surface area (Å²) in [7, 11) is 1.65. The molecule has 0 aliphatic carbocycles. The van der Waals surface area contributed by atoms with Crippen LogP contribution in [0.3, 0.4) is 0 Å². The molecule has 0 fully saturated rings. The largest absolute Gasteiger partial charge is 0.486 e. The summed E-state index contributed by atoms with van der Waals surface area (Å²) >= 11 is 0. The predicted octanol–water partition coefficient (Wildman–Crippen LogP) is 1.36. The van der Waals surface area contributed by atoms with Gasteiger partial charge >= 0.3 is 0 Å². The predicted molar refractivity (Wildman–Crippen MR) is 54.2 cm³/mol. The maximum Gasteiger partial charge on any atom is 0.145 e. The van der Waals surface area contributed by atoms with Gasteiger partial charge in [0.25, 0.3) is 0 Å². The monoisotopic (exact) mass is 178 g/mol. The molecule has 2 N–H and O–H groups in total. The fourth-order valence-corrected chi connectivity index (χ4v) is 0.856. The van der Waals surface area contributed by atoms with Crippen molar-refractivity contribution in [2.45, 2.75) is 6.92 Å². The van der Waals surface area contributed by atoms with E-state index < -0.39 is 0 Å². The van der Waals surface area contributed by atoms with Crippen LogP contribution in [-0.2, 0) is 0 Å². The van der Waals surface area contributed by atoms with Crippen molar-refractivity contribution >= 4 is 5.84 Å². The van der Waals surface area contributed by atoms with Crippen LogP contribution in [0.25, 0.3) is 0 Å². The van der Waals surface area contributed by atoms with Crippen molar-refractivity contribution in [3.8, 4) is 5.75 Å². The molecule has 3 heteroatoms. The van der Waals surface area contributed by atoms with Crippen molar-refractivity contribution in [3.63, 3.8) is 0 Å². The lowest BCUT2D eigenvalue weighted by Crippen LogP contribution is -2.20. The number of aryl methyl sites for hydroxylation is 1. The van der Waals surface area contributed by atoms with Crippen molar-refractivity contribution in [2.24, 2.45) is 10.7 Å². The van der Waals surface area contributed by atoms with E-state index in [0.717, 1.165) is 5.75 Å². The van der Waals surface area contributed by atoms with E-state index in [1.54, 1.807) is 7.05 Å². The Kier molecular flexibility index (Phi) is 3.31. The molecule has 0 saturated heterocycles. The Bertz CT molecular complexity index is 290. The number of hydrogen-bond donors (Lipinski definition) is 1. The van der Waals surface area contributed by atoms with Gasteiger partial charge in [-0.3, -0.25) is 4.99 Å². The summed E-state index contributed by atoms with van der Waals surface area (Å²) in [6.07, 6.45) is 0. The second kappa shape index (κ2) is 4.50. The number of aliphatic imine (C=N–C) groups is 1. The molecule has 0 saturated carbocycles. The molecule has 70 valence electrons. The summed E-state index contributed by atoms with van der Waals surface area (Å²) in [4.78, 5) is 3.79. The Labute approximate surface area is 78.2 Å². The molecule has 0 aromatic heterocycles. The lowest BCUT2D eigenvalue weighted by Gasteiger charge is -2.04. The Morgan fingerprint density at radius 1 is 1.38 bits per heavy atom. The van der Waals surface area contributed by atoms with E-state index in [-0.39, 0.29) is 0 Å². The molecule has 0 unspecified atom stereocenters. The Morgan fingerprint density at radius 3 is 2.54 bits per heavy atom. The van der Waals surface area contributed by atoms with E-state index >= 15 is 0 Å². The first kappa shape index (κ1) is 9.58. The summed E-state index contributed by atoms with van der Waals surface area (Å²) < 4.78 is 5.36. The van der Waals surface area contributed by atoms with Crippen LogP contribution in [0.1, 0.15) is 5.56 Å². The molecule has 0 spiro atoms. The standard InChI is InChI=1S/C10H14N2O/c1-8-3-5-9(6-4-8)13-7-10(11)12-2/h3-6H,7H2,1-2H3,(H2,11,12). The van der Waals surface area contributed by atoms with Gasteiger partial charge in [-0.1, -0.05) is 17.7 Å². The molecule has 0 atom stereocenters. The summed E-state index contributed by atoms with van der Waals surface area (Å²) in [6.45, 7) is 2.38. The van der Waals surface area contributed by atoms with Gasteiger partial charge in [0, 0.05) is 7.05 Å². The van der Waals surface area contributed by atoms with Gasteiger partial charge < -0.3 is 10.5 Å². The fraction of sp³-hybridized carbons (Fsp3) is 0.300. The highest BCUT2D eigenvalue weighted by Crippen LogP contribution is 2.10. The van der Waals surface area contributed by atoms with E-state index in [1.807, 2.05) is 31.2 Å². The topological polar surface area (TPSA) is 47.6 Å². The van der Waals surface area contributed by atoms with Gasteiger partial charge in [0.1, 0.15) is 18.2 Å². The smallest absolute Gasteiger partial charge is 0.145 e. The highest BCUT2D eigenvalue weighted by atomic mass is 16.5. The van der Waals surface area contributed by atoms with Crippen LogP contribution in [-0.4, -0.2) is 19.5 Å². The Morgan fingerprint density at radius 2 is 2.00 bits per heavy atom. The minimum Gasteiger partial charge on any atom is -0.486 e. The zero-order valence-corrected chi connectivity index (χ0v) is 7.95. The van der Waals surface area contributed by atoms with Crippen molar-refractivity contribution in [1.29, 1.82) is 0 Å². The van der Waals surface area contributed by atoms with Crippen molar-refractivity contribution in [3.05, 3.63) is 29.8 Å². The maximum absolute atomic E-state index is 5.48. The van der Waals surface area contributed by atoms with E-state index in [4.69, 9.17) is 10.5 Å². The highest BCUT2D eigenvalue weighted by Gasteiger charge is 1.94. The molecular formula is C10H14N2O. The van der Waals surface area contributed by atoms with E-state index in [0.29, 0.717) is 12.4 Å². The van der Waals surface area contributed by atoms with Gasteiger partial charge in [0.05, 0.1) is 0 Å². The first-order valence-corrected chi connectivity index (χ1v) is 4.13. The molecule has 13 heavy (non-hydrogen) atoms. The minimum atomic E-state index is 0.347. The number of hydrogen-bond acceptors (Lipinski definition) is 2. The zero-order chi connectivity index (χ0) is 9.68. The average molecular weight is 178 g/mol. The quantitative estimate of drug-likeness (QED) is 0.561. The summed E-state index contributed by atoms with van der Waals surface area (Å²) in [6, 6.07) is 7.82. The minimum absolute atomic E-state index is 0.347. The third-order valence-electron chi connectivity index (χ3n) is 1.69. The second-order valence-corrected chi connectivity index (χ2v) is 2.82. The van der Waals surface area contributed by atoms with Crippen molar-refractivity contribution in [2.75, 3.05) is 13.7 Å². The van der Waals surface area contributed by atoms with Crippen LogP contribution in [0.4, 0.5) is 0 Å². The first-order chi connectivity index (χ1) is 6.22. The molecule has 0 aliphatic heterocycles. The lowest BCUT2D eigenvalue weighted by molar-refractivity contribution is 0.375. The van der Waals surface area contributed by atoms with Gasteiger partial charge in [-0.2, -0.15) is 0 Å². The molecule has 1 aromatic rings. The third kappa shape index (κ3) is 3.15. The molecule has 1 rings (SSSR count). The number of amidine groups is 1. The van der Waals surface area contributed by atoms with Crippen LogP contribution in [0, 0.1) is 6.92 Å². The zero-order valence-electron chi connectivity index (χ0n) is 7.95. The molecule has 0 bridgehead atoms. The molecule has 0 heterocycles. The van der Waals surface area contributed by atoms with Crippen LogP contribution in [0.15, 0.2) is 29.3 Å². The van der Waals surface area contributed by atoms with Gasteiger partial charge in [0.15, 0.2) is 0 Å². The van der Waals surface area contributed by atoms with Crippen molar-refractivity contribution < 1.29 is 4.74 Å². The van der Waals surface area contributed by atoms with E-state index in [2.05, 4.69) is 4.99 Å². The molecule has 0 radical (unpaired) electrons. The first-order valence-electron chi connectivity index (χ1n) is 4.13. The molecule has 0 amide bonds. The van der Waals surface area contributed by atoms with Gasteiger partial charge in [0.2, 0.25) is 0 Å². The number of rotatable bonds is 3. The lowest BCUT2D eigenvalue weighted by atomic mass is 10.2. The SMILES string of the molecule is CN=C(N)COc1ccc(C)cc1. The molecule has 0 aliphatic rings. The number of nitrogens with zero attached hydrogens (tertiary/aromatic N) is 1. The van der Waals surface area contributed by atoms with E-state index in [1.165, 1.54) is 5.56 Å². The fourth-order valence-electron chi connectivity index (χ4n) is 0.856. The number of ether oxygens (including phenoxy) is 1. The summed E-state index contributed by atoms with van der Waals surface area (Å²) in [5.74, 6) is 1.32. The number of benzene rings is 1. The van der Waals surface area contributed by atoms with Crippen molar-refractivity contribution in [1.82, 2.24) is 0 Å². The molecule has 1 aromatic carbocycles. The summed E-state index contributed by atoms with van der Waals surface area (Å²) in [5.41, 5.74) is 6.69. The number of nitrogens with two attached hydrogens (primary N) is 1. The second-order valence-electron chi connectivity index (χ2n) is 2.82. The third-order valence-corrected chi connectivity index (χ3v) is 1.69. The van der Waals surface area contributed by atoms with Crippen LogP contribution < -0.4 is 10.5 Å². The Balaban J connectivity index is 2.51.